The van der Waals surface area contributed by atoms with Gasteiger partial charge in [0.1, 0.15) is 0 Å². The van der Waals surface area contributed by atoms with Crippen molar-refractivity contribution in [2.45, 2.75) is 44.4 Å². The molecule has 2 aromatic rings. The molecule has 0 radical (unpaired) electrons. The summed E-state index contributed by atoms with van der Waals surface area (Å²) in [7, 11) is -1.72. The lowest BCUT2D eigenvalue weighted by Gasteiger charge is -2.32. The average Bonchev–Trinajstić information content (AvgIpc) is 3.12. The lowest BCUT2D eigenvalue weighted by molar-refractivity contribution is 0.165. The number of hydrogen-bond donors (Lipinski definition) is 0. The van der Waals surface area contributed by atoms with Gasteiger partial charge >= 0.3 is 0 Å². The first-order valence-electron chi connectivity index (χ1n) is 10.1. The number of aromatic nitrogens is 2. The number of ether oxygens (including phenoxy) is 1. The van der Waals surface area contributed by atoms with Crippen molar-refractivity contribution >= 4 is 9.84 Å². The normalized spacial score (nSPS) is 16.5. The molecule has 6 nitrogen and oxygen atoms in total. The highest BCUT2D eigenvalue weighted by Crippen LogP contribution is 2.23. The molecule has 154 valence electrons. The van der Waals surface area contributed by atoms with Gasteiger partial charge < -0.3 is 9.30 Å². The number of piperidine rings is 1. The number of benzene rings is 1. The topological polar surface area (TPSA) is 64.4 Å². The van der Waals surface area contributed by atoms with E-state index in [-0.39, 0.29) is 10.9 Å². The van der Waals surface area contributed by atoms with E-state index in [1.165, 1.54) is 18.4 Å². The van der Waals surface area contributed by atoms with Gasteiger partial charge in [0.2, 0.25) is 15.0 Å². The first-order chi connectivity index (χ1) is 13.5. The van der Waals surface area contributed by atoms with Gasteiger partial charge in [-0.05, 0) is 43.8 Å². The quantitative estimate of drug-likeness (QED) is 0.642. The van der Waals surface area contributed by atoms with Crippen LogP contribution in [0.1, 0.15) is 31.0 Å². The van der Waals surface area contributed by atoms with Gasteiger partial charge in [-0.25, -0.2) is 13.4 Å². The van der Waals surface area contributed by atoms with Crippen LogP contribution in [0.3, 0.4) is 0 Å². The Labute approximate surface area is 168 Å². The smallest absolute Gasteiger partial charge is 0.227 e. The van der Waals surface area contributed by atoms with Gasteiger partial charge in [0.05, 0.1) is 24.3 Å². The predicted molar refractivity (Wildman–Crippen MR) is 110 cm³/mol. The molecule has 28 heavy (non-hydrogen) atoms. The van der Waals surface area contributed by atoms with Crippen LogP contribution in [0.4, 0.5) is 0 Å². The molecule has 1 aromatic carbocycles. The second-order valence-corrected chi connectivity index (χ2v) is 9.66. The summed E-state index contributed by atoms with van der Waals surface area (Å²) in [4.78, 5) is 6.65. The summed E-state index contributed by atoms with van der Waals surface area (Å²) in [6, 6.07) is 10.7. The van der Waals surface area contributed by atoms with Gasteiger partial charge in [-0.15, -0.1) is 0 Å². The van der Waals surface area contributed by atoms with Crippen LogP contribution in [0.15, 0.2) is 41.7 Å². The Hall–Kier alpha value is -1.70. The highest BCUT2D eigenvalue weighted by molar-refractivity contribution is 7.91. The lowest BCUT2D eigenvalue weighted by atomic mass is 9.90. The highest BCUT2D eigenvalue weighted by atomic mass is 32.2. The fraction of sp³-hybridized carbons (Fsp3) is 0.571. The number of imidazole rings is 1. The van der Waals surface area contributed by atoms with Crippen LogP contribution >= 0.6 is 0 Å². The van der Waals surface area contributed by atoms with Crippen molar-refractivity contribution in [3.63, 3.8) is 0 Å². The molecule has 0 N–H and O–H groups in total. The van der Waals surface area contributed by atoms with Crippen molar-refractivity contribution in [3.05, 3.63) is 47.8 Å². The Morgan fingerprint density at radius 3 is 2.54 bits per heavy atom. The van der Waals surface area contributed by atoms with Crippen molar-refractivity contribution in [2.75, 3.05) is 32.6 Å². The van der Waals surface area contributed by atoms with Crippen LogP contribution in [0.2, 0.25) is 0 Å². The first kappa shape index (κ1) is 21.0. The Kier molecular flexibility index (Phi) is 7.26. The van der Waals surface area contributed by atoms with Crippen molar-refractivity contribution in [1.29, 1.82) is 0 Å². The monoisotopic (exact) mass is 405 g/mol. The molecule has 3 rings (SSSR count). The molecule has 0 spiro atoms. The Morgan fingerprint density at radius 1 is 1.18 bits per heavy atom. The van der Waals surface area contributed by atoms with Crippen LogP contribution in [0.5, 0.6) is 0 Å². The molecule has 0 amide bonds. The molecular weight excluding hydrogens is 374 g/mol. The summed E-state index contributed by atoms with van der Waals surface area (Å²) in [5, 5.41) is 0.168. The van der Waals surface area contributed by atoms with E-state index in [9.17, 15) is 8.42 Å². The Bertz CT molecular complexity index is 841. The molecule has 2 heterocycles. The van der Waals surface area contributed by atoms with Crippen molar-refractivity contribution in [3.8, 4) is 0 Å². The third kappa shape index (κ3) is 5.21. The summed E-state index contributed by atoms with van der Waals surface area (Å²) in [5.74, 6) is 0.773. The third-order valence-corrected chi connectivity index (χ3v) is 7.18. The Morgan fingerprint density at radius 2 is 1.89 bits per heavy atom. The number of nitrogens with zero attached hydrogens (tertiary/aromatic N) is 3. The summed E-state index contributed by atoms with van der Waals surface area (Å²) >= 11 is 0. The molecule has 1 aliphatic rings. The van der Waals surface area contributed by atoms with Crippen molar-refractivity contribution < 1.29 is 13.2 Å². The van der Waals surface area contributed by atoms with Crippen molar-refractivity contribution in [1.82, 2.24) is 14.5 Å². The SMILES string of the molecule is CCS(=O)(=O)c1ncc(CN2CCC(Cc3ccccc3)CC2)n1CCOC. The maximum absolute atomic E-state index is 12.4. The van der Waals surface area contributed by atoms with E-state index in [1.54, 1.807) is 20.2 Å². The Balaban J connectivity index is 1.63. The standard InChI is InChI=1S/C21H31N3O3S/c1-3-28(25,26)21-22-16-20(24(21)13-14-27-2)17-23-11-9-19(10-12-23)15-18-7-5-4-6-8-18/h4-8,16,19H,3,9-15,17H2,1-2H3. The van der Waals surface area contributed by atoms with E-state index in [1.807, 2.05) is 4.57 Å². The van der Waals surface area contributed by atoms with E-state index in [4.69, 9.17) is 4.74 Å². The summed E-state index contributed by atoms with van der Waals surface area (Å²) in [5.41, 5.74) is 2.36. The number of hydrogen-bond acceptors (Lipinski definition) is 5. The van der Waals surface area contributed by atoms with Crippen molar-refractivity contribution in [2.24, 2.45) is 5.92 Å². The molecule has 0 aliphatic carbocycles. The zero-order valence-corrected chi connectivity index (χ0v) is 17.7. The minimum absolute atomic E-state index is 0.0569. The zero-order valence-electron chi connectivity index (χ0n) is 16.9. The van der Waals surface area contributed by atoms with E-state index >= 15 is 0 Å². The molecule has 7 heteroatoms. The maximum Gasteiger partial charge on any atom is 0.227 e. The summed E-state index contributed by atoms with van der Waals surface area (Å²) in [6.07, 6.45) is 5.19. The van der Waals surface area contributed by atoms with E-state index in [0.717, 1.165) is 31.7 Å². The largest absolute Gasteiger partial charge is 0.383 e. The van der Waals surface area contributed by atoms with Gasteiger partial charge in [0.25, 0.3) is 0 Å². The molecule has 0 saturated carbocycles. The van der Waals surface area contributed by atoms with Gasteiger partial charge in [0, 0.05) is 20.2 Å². The van der Waals surface area contributed by atoms with Crippen LogP contribution in [0, 0.1) is 5.92 Å². The predicted octanol–water partition coefficient (Wildman–Crippen LogP) is 2.78. The fourth-order valence-electron chi connectivity index (χ4n) is 3.84. The molecule has 0 bridgehead atoms. The second kappa shape index (κ2) is 9.67. The summed E-state index contributed by atoms with van der Waals surface area (Å²) < 4.78 is 31.7. The lowest BCUT2D eigenvalue weighted by Crippen LogP contribution is -2.34. The van der Waals surface area contributed by atoms with E-state index in [2.05, 4.69) is 40.2 Å². The molecular formula is C21H31N3O3S. The molecule has 1 aliphatic heterocycles. The second-order valence-electron chi connectivity index (χ2n) is 7.49. The fourth-order valence-corrected chi connectivity index (χ4v) is 4.86. The molecule has 0 atom stereocenters. The minimum atomic E-state index is -3.34. The van der Waals surface area contributed by atoms with Gasteiger partial charge in [-0.1, -0.05) is 37.3 Å². The van der Waals surface area contributed by atoms with E-state index < -0.39 is 9.84 Å². The number of methoxy groups -OCH3 is 1. The van der Waals surface area contributed by atoms with Gasteiger partial charge in [-0.3, -0.25) is 4.90 Å². The number of sulfone groups is 1. The maximum atomic E-state index is 12.4. The zero-order chi connectivity index (χ0) is 20.0. The number of likely N-dealkylation sites (tertiary alicyclic amines) is 1. The third-order valence-electron chi connectivity index (χ3n) is 5.54. The minimum Gasteiger partial charge on any atom is -0.383 e. The van der Waals surface area contributed by atoms with Crippen LogP contribution in [-0.2, 0) is 34.1 Å². The van der Waals surface area contributed by atoms with Crippen LogP contribution in [0.25, 0.3) is 0 Å². The van der Waals surface area contributed by atoms with Gasteiger partial charge in [0.15, 0.2) is 0 Å². The van der Waals surface area contributed by atoms with Crippen LogP contribution < -0.4 is 0 Å². The molecule has 1 saturated heterocycles. The van der Waals surface area contributed by atoms with E-state index in [0.29, 0.717) is 19.1 Å². The highest BCUT2D eigenvalue weighted by Gasteiger charge is 2.24. The van der Waals surface area contributed by atoms with Gasteiger partial charge in [-0.2, -0.15) is 0 Å². The average molecular weight is 406 g/mol. The molecule has 1 fully saturated rings. The summed E-state index contributed by atoms with van der Waals surface area (Å²) in [6.45, 7) is 5.42. The molecule has 1 aromatic heterocycles. The molecule has 0 unspecified atom stereocenters. The first-order valence-corrected chi connectivity index (χ1v) is 11.7. The number of rotatable bonds is 9. The van der Waals surface area contributed by atoms with Crippen LogP contribution in [-0.4, -0.2) is 55.4 Å².